The Morgan fingerprint density at radius 1 is 1.38 bits per heavy atom. The van der Waals surface area contributed by atoms with E-state index in [2.05, 4.69) is 0 Å². The van der Waals surface area contributed by atoms with Crippen molar-refractivity contribution in [3.05, 3.63) is 0 Å². The van der Waals surface area contributed by atoms with E-state index in [4.69, 9.17) is 9.84 Å². The predicted octanol–water partition coefficient (Wildman–Crippen LogP) is 1.42. The summed E-state index contributed by atoms with van der Waals surface area (Å²) in [5.74, 6) is -0.266. The van der Waals surface area contributed by atoms with Crippen molar-refractivity contribution in [3.8, 4) is 0 Å². The number of fused-ring (bicyclic) bond motifs is 2. The SMILES string of the molecule is O=C(O)C1(C2CC3CCC2O3)CC1. The second-order valence-corrected chi connectivity index (χ2v) is 4.68. The van der Waals surface area contributed by atoms with E-state index in [0.717, 1.165) is 32.1 Å². The first-order chi connectivity index (χ1) is 6.22. The molecule has 0 aromatic carbocycles. The molecular weight excluding hydrogens is 168 g/mol. The molecule has 1 N–H and O–H groups in total. The Bertz CT molecular complexity index is 257. The number of hydrogen-bond acceptors (Lipinski definition) is 2. The van der Waals surface area contributed by atoms with Gasteiger partial charge in [0, 0.05) is 5.92 Å². The van der Waals surface area contributed by atoms with Crippen LogP contribution in [0.15, 0.2) is 0 Å². The van der Waals surface area contributed by atoms with Crippen LogP contribution in [0.2, 0.25) is 0 Å². The van der Waals surface area contributed by atoms with Crippen molar-refractivity contribution in [3.63, 3.8) is 0 Å². The van der Waals surface area contributed by atoms with Crippen LogP contribution in [0.3, 0.4) is 0 Å². The van der Waals surface area contributed by atoms with Gasteiger partial charge in [-0.15, -0.1) is 0 Å². The second kappa shape index (κ2) is 2.27. The summed E-state index contributed by atoms with van der Waals surface area (Å²) in [6, 6.07) is 0. The van der Waals surface area contributed by atoms with Crippen molar-refractivity contribution in [1.29, 1.82) is 0 Å². The third-order valence-corrected chi connectivity index (χ3v) is 4.03. The highest BCUT2D eigenvalue weighted by molar-refractivity contribution is 5.78. The number of aliphatic carboxylic acids is 1. The fraction of sp³-hybridized carbons (Fsp3) is 0.900. The van der Waals surface area contributed by atoms with Gasteiger partial charge < -0.3 is 9.84 Å². The monoisotopic (exact) mass is 182 g/mol. The van der Waals surface area contributed by atoms with Gasteiger partial charge in [0.15, 0.2) is 0 Å². The molecule has 13 heavy (non-hydrogen) atoms. The minimum atomic E-state index is -0.589. The maximum Gasteiger partial charge on any atom is 0.310 e. The highest BCUT2D eigenvalue weighted by atomic mass is 16.5. The maximum absolute atomic E-state index is 11.1. The summed E-state index contributed by atoms with van der Waals surface area (Å²) in [4.78, 5) is 11.1. The molecule has 0 spiro atoms. The Kier molecular flexibility index (Phi) is 1.36. The van der Waals surface area contributed by atoms with E-state index in [-0.39, 0.29) is 11.5 Å². The molecule has 3 heteroatoms. The Morgan fingerprint density at radius 3 is 2.54 bits per heavy atom. The lowest BCUT2D eigenvalue weighted by Crippen LogP contribution is -2.32. The fourth-order valence-corrected chi connectivity index (χ4v) is 3.10. The molecule has 2 aliphatic heterocycles. The zero-order valence-corrected chi connectivity index (χ0v) is 7.53. The number of carboxylic acids is 1. The molecule has 2 saturated heterocycles. The summed E-state index contributed by atoms with van der Waals surface area (Å²) in [6.45, 7) is 0. The third-order valence-electron chi connectivity index (χ3n) is 4.03. The van der Waals surface area contributed by atoms with Crippen molar-refractivity contribution < 1.29 is 14.6 Å². The van der Waals surface area contributed by atoms with E-state index in [0.29, 0.717) is 12.0 Å². The topological polar surface area (TPSA) is 46.5 Å². The van der Waals surface area contributed by atoms with Gasteiger partial charge in [-0.3, -0.25) is 4.79 Å². The number of rotatable bonds is 2. The van der Waals surface area contributed by atoms with E-state index in [1.165, 1.54) is 0 Å². The molecule has 3 aliphatic rings. The zero-order valence-electron chi connectivity index (χ0n) is 7.53. The Hall–Kier alpha value is -0.570. The van der Waals surface area contributed by atoms with Crippen molar-refractivity contribution in [2.24, 2.45) is 11.3 Å². The van der Waals surface area contributed by atoms with Crippen molar-refractivity contribution in [2.75, 3.05) is 0 Å². The summed E-state index contributed by atoms with van der Waals surface area (Å²) in [7, 11) is 0. The van der Waals surface area contributed by atoms with E-state index in [1.807, 2.05) is 0 Å². The summed E-state index contributed by atoms with van der Waals surface area (Å²) < 4.78 is 5.70. The van der Waals surface area contributed by atoms with E-state index >= 15 is 0 Å². The minimum Gasteiger partial charge on any atom is -0.481 e. The van der Waals surface area contributed by atoms with Crippen LogP contribution < -0.4 is 0 Å². The van der Waals surface area contributed by atoms with Gasteiger partial charge in [-0.05, 0) is 32.1 Å². The summed E-state index contributed by atoms with van der Waals surface area (Å²) in [6.07, 6.45) is 5.63. The van der Waals surface area contributed by atoms with Crippen LogP contribution in [0, 0.1) is 11.3 Å². The average Bonchev–Trinajstić information content (AvgIpc) is 2.66. The van der Waals surface area contributed by atoms with Crippen LogP contribution in [0.4, 0.5) is 0 Å². The van der Waals surface area contributed by atoms with Crippen LogP contribution in [0.25, 0.3) is 0 Å². The molecule has 2 bridgehead atoms. The molecule has 3 atom stereocenters. The Morgan fingerprint density at radius 2 is 2.15 bits per heavy atom. The van der Waals surface area contributed by atoms with Gasteiger partial charge in [0.25, 0.3) is 0 Å². The van der Waals surface area contributed by atoms with Crippen LogP contribution >= 0.6 is 0 Å². The molecule has 0 amide bonds. The Balaban J connectivity index is 1.83. The third kappa shape index (κ3) is 0.909. The highest BCUT2D eigenvalue weighted by Crippen LogP contribution is 2.60. The normalized spacial score (nSPS) is 45.1. The molecule has 2 heterocycles. The lowest BCUT2D eigenvalue weighted by molar-refractivity contribution is -0.146. The molecule has 1 aliphatic carbocycles. The molecule has 0 radical (unpaired) electrons. The summed E-state index contributed by atoms with van der Waals surface area (Å²) in [5, 5.41) is 9.14. The quantitative estimate of drug-likeness (QED) is 0.702. The van der Waals surface area contributed by atoms with Crippen molar-refractivity contribution in [1.82, 2.24) is 0 Å². The van der Waals surface area contributed by atoms with Crippen molar-refractivity contribution in [2.45, 2.75) is 44.3 Å². The predicted molar refractivity (Wildman–Crippen MR) is 45.3 cm³/mol. The number of hydrogen-bond donors (Lipinski definition) is 1. The van der Waals surface area contributed by atoms with Crippen LogP contribution in [0.5, 0.6) is 0 Å². The average molecular weight is 182 g/mol. The van der Waals surface area contributed by atoms with E-state index in [1.54, 1.807) is 0 Å². The van der Waals surface area contributed by atoms with Gasteiger partial charge in [-0.1, -0.05) is 0 Å². The zero-order chi connectivity index (χ0) is 9.05. The summed E-state index contributed by atoms with van der Waals surface area (Å²) >= 11 is 0. The molecule has 3 rings (SSSR count). The lowest BCUT2D eigenvalue weighted by Gasteiger charge is -2.24. The first kappa shape index (κ1) is 7.80. The van der Waals surface area contributed by atoms with Gasteiger partial charge in [0.2, 0.25) is 0 Å². The molecule has 3 fully saturated rings. The van der Waals surface area contributed by atoms with E-state index in [9.17, 15) is 4.79 Å². The summed E-state index contributed by atoms with van der Waals surface area (Å²) in [5.41, 5.74) is -0.375. The van der Waals surface area contributed by atoms with E-state index < -0.39 is 5.97 Å². The van der Waals surface area contributed by atoms with Gasteiger partial charge in [-0.2, -0.15) is 0 Å². The van der Waals surface area contributed by atoms with Gasteiger partial charge in [0.1, 0.15) is 0 Å². The van der Waals surface area contributed by atoms with Crippen molar-refractivity contribution >= 4 is 5.97 Å². The van der Waals surface area contributed by atoms with Gasteiger partial charge in [0.05, 0.1) is 17.6 Å². The highest BCUT2D eigenvalue weighted by Gasteiger charge is 2.62. The Labute approximate surface area is 77.1 Å². The fourth-order valence-electron chi connectivity index (χ4n) is 3.10. The molecule has 3 unspecified atom stereocenters. The second-order valence-electron chi connectivity index (χ2n) is 4.68. The standard InChI is InChI=1S/C10H14O3/c11-9(12)10(3-4-10)7-5-6-1-2-8(7)13-6/h6-8H,1-5H2,(H,11,12). The van der Waals surface area contributed by atoms with Crippen LogP contribution in [-0.2, 0) is 9.53 Å². The molecule has 72 valence electrons. The maximum atomic E-state index is 11.1. The first-order valence-electron chi connectivity index (χ1n) is 5.11. The minimum absolute atomic E-state index is 0.267. The molecule has 1 saturated carbocycles. The van der Waals surface area contributed by atoms with Crippen LogP contribution in [0.1, 0.15) is 32.1 Å². The number of carbonyl (C=O) groups is 1. The molecular formula is C10H14O3. The van der Waals surface area contributed by atoms with Crippen LogP contribution in [-0.4, -0.2) is 23.3 Å². The van der Waals surface area contributed by atoms with Gasteiger partial charge in [-0.25, -0.2) is 0 Å². The first-order valence-corrected chi connectivity index (χ1v) is 5.11. The molecule has 3 nitrogen and oxygen atoms in total. The smallest absolute Gasteiger partial charge is 0.310 e. The number of carboxylic acid groups (broad SMARTS) is 1. The molecule has 0 aromatic heterocycles. The largest absolute Gasteiger partial charge is 0.481 e. The lowest BCUT2D eigenvalue weighted by atomic mass is 9.77. The number of ether oxygens (including phenoxy) is 1. The van der Waals surface area contributed by atoms with Gasteiger partial charge >= 0.3 is 5.97 Å². The molecule has 0 aromatic rings.